The molecule has 4 rings (SSSR count). The number of aromatic nitrogens is 2. The summed E-state index contributed by atoms with van der Waals surface area (Å²) in [6.07, 6.45) is 4.49. The van der Waals surface area contributed by atoms with Crippen molar-refractivity contribution in [3.63, 3.8) is 0 Å². The fraction of sp³-hybridized carbons (Fsp3) is 0.238. The third kappa shape index (κ3) is 3.25. The summed E-state index contributed by atoms with van der Waals surface area (Å²) < 4.78 is 14.0. The van der Waals surface area contributed by atoms with E-state index in [1.807, 2.05) is 19.2 Å². The topological polar surface area (TPSA) is 41.1 Å². The number of benzene rings is 1. The molecule has 5 heteroatoms. The Kier molecular flexibility index (Phi) is 4.29. The molecule has 3 aromatic rings. The summed E-state index contributed by atoms with van der Waals surface area (Å²) in [4.78, 5) is 11.4. The van der Waals surface area contributed by atoms with E-state index >= 15 is 0 Å². The largest absolute Gasteiger partial charge is 0.352 e. The average molecular weight is 348 g/mol. The van der Waals surface area contributed by atoms with E-state index in [-0.39, 0.29) is 5.82 Å². The monoisotopic (exact) mass is 348 g/mol. The zero-order chi connectivity index (χ0) is 18.1. The maximum absolute atomic E-state index is 14.0. The van der Waals surface area contributed by atoms with Gasteiger partial charge in [-0.25, -0.2) is 9.37 Å². The van der Waals surface area contributed by atoms with E-state index in [9.17, 15) is 4.39 Å². The molecule has 0 aliphatic carbocycles. The highest BCUT2D eigenvalue weighted by Gasteiger charge is 2.20. The highest BCUT2D eigenvalue weighted by atomic mass is 19.1. The maximum Gasteiger partial charge on any atom is 0.146 e. The Morgan fingerprint density at radius 1 is 1.12 bits per heavy atom. The van der Waals surface area contributed by atoms with Gasteiger partial charge < -0.3 is 10.2 Å². The van der Waals surface area contributed by atoms with Crippen LogP contribution in [0.3, 0.4) is 0 Å². The van der Waals surface area contributed by atoms with E-state index in [0.717, 1.165) is 47.8 Å². The Labute approximate surface area is 152 Å². The molecule has 4 nitrogen and oxygen atoms in total. The van der Waals surface area contributed by atoms with Crippen molar-refractivity contribution in [3.8, 4) is 0 Å². The lowest BCUT2D eigenvalue weighted by atomic mass is 10.0. The molecule has 0 saturated heterocycles. The van der Waals surface area contributed by atoms with Crippen LogP contribution in [0.5, 0.6) is 0 Å². The quantitative estimate of drug-likeness (QED) is 0.754. The molecule has 0 amide bonds. The molecule has 1 aliphatic heterocycles. The van der Waals surface area contributed by atoms with Crippen LogP contribution in [0, 0.1) is 19.7 Å². The lowest BCUT2D eigenvalue weighted by Crippen LogP contribution is -2.32. The molecule has 132 valence electrons. The predicted octanol–water partition coefficient (Wildman–Crippen LogP) is 4.54. The molecule has 3 heterocycles. The molecule has 0 atom stereocenters. The van der Waals surface area contributed by atoms with Crippen molar-refractivity contribution in [1.29, 1.82) is 0 Å². The van der Waals surface area contributed by atoms with E-state index in [2.05, 4.69) is 39.2 Å². The zero-order valence-corrected chi connectivity index (χ0v) is 15.0. The third-order valence-electron chi connectivity index (χ3n) is 4.72. The first-order valence-electron chi connectivity index (χ1n) is 8.78. The zero-order valence-electron chi connectivity index (χ0n) is 15.0. The average Bonchev–Trinajstić information content (AvgIpc) is 2.64. The van der Waals surface area contributed by atoms with Crippen molar-refractivity contribution >= 4 is 17.2 Å². The smallest absolute Gasteiger partial charge is 0.146 e. The van der Waals surface area contributed by atoms with Gasteiger partial charge in [-0.3, -0.25) is 4.98 Å². The molecule has 1 aromatic carbocycles. The summed E-state index contributed by atoms with van der Waals surface area (Å²) in [7, 11) is 0. The van der Waals surface area contributed by atoms with E-state index < -0.39 is 0 Å². The molecule has 1 N–H and O–H groups in total. The molecule has 0 bridgehead atoms. The summed E-state index contributed by atoms with van der Waals surface area (Å²) in [5.41, 5.74) is 5.70. The fourth-order valence-electron chi connectivity index (χ4n) is 3.37. The Bertz CT molecular complexity index is 954. The minimum atomic E-state index is -0.265. The minimum absolute atomic E-state index is 0.265. The first-order valence-corrected chi connectivity index (χ1v) is 8.78. The van der Waals surface area contributed by atoms with Crippen LogP contribution >= 0.6 is 0 Å². The van der Waals surface area contributed by atoms with Crippen molar-refractivity contribution in [2.24, 2.45) is 0 Å². The second kappa shape index (κ2) is 6.75. The summed E-state index contributed by atoms with van der Waals surface area (Å²) in [5.74, 6) is 0.750. The second-order valence-electron chi connectivity index (χ2n) is 6.75. The van der Waals surface area contributed by atoms with Crippen molar-refractivity contribution in [2.45, 2.75) is 26.8 Å². The molecular weight excluding hydrogens is 327 g/mol. The van der Waals surface area contributed by atoms with Gasteiger partial charge in [-0.15, -0.1) is 0 Å². The van der Waals surface area contributed by atoms with Crippen molar-refractivity contribution in [1.82, 2.24) is 9.97 Å². The van der Waals surface area contributed by atoms with Gasteiger partial charge in [0, 0.05) is 31.4 Å². The standard InChI is InChI=1S/C21H21FN4/c1-14-5-6-18(22)20(10-14)25-17-11-16-13-26(9-7-19(16)24-12-17)21-15(2)4-3-8-23-21/h3-6,8,10-12,25H,7,9,13H2,1-2H3. The van der Waals surface area contributed by atoms with Gasteiger partial charge in [-0.05, 0) is 54.8 Å². The van der Waals surface area contributed by atoms with E-state index in [1.54, 1.807) is 18.3 Å². The van der Waals surface area contributed by atoms with Gasteiger partial charge in [0.15, 0.2) is 0 Å². The number of hydrogen-bond acceptors (Lipinski definition) is 4. The summed E-state index contributed by atoms with van der Waals surface area (Å²) >= 11 is 0. The third-order valence-corrected chi connectivity index (χ3v) is 4.72. The van der Waals surface area contributed by atoms with Gasteiger partial charge in [0.25, 0.3) is 0 Å². The SMILES string of the molecule is Cc1ccc(F)c(Nc2cnc3c(c2)CN(c2ncccc2C)CC3)c1. The second-order valence-corrected chi connectivity index (χ2v) is 6.75. The first-order chi connectivity index (χ1) is 12.6. The fourth-order valence-corrected chi connectivity index (χ4v) is 3.37. The molecule has 0 radical (unpaired) electrons. The van der Waals surface area contributed by atoms with Crippen LogP contribution in [0.4, 0.5) is 21.6 Å². The number of nitrogens with one attached hydrogen (secondary N) is 1. The van der Waals surface area contributed by atoms with Gasteiger partial charge in [0.2, 0.25) is 0 Å². The van der Waals surface area contributed by atoms with Gasteiger partial charge in [-0.2, -0.15) is 0 Å². The summed E-state index contributed by atoms with van der Waals surface area (Å²) in [5, 5.41) is 3.16. The molecule has 0 spiro atoms. The number of nitrogens with zero attached hydrogens (tertiary/aromatic N) is 3. The lowest BCUT2D eigenvalue weighted by molar-refractivity contribution is 0.631. The van der Waals surface area contributed by atoms with E-state index in [4.69, 9.17) is 0 Å². The Balaban J connectivity index is 1.60. The summed E-state index contributed by atoms with van der Waals surface area (Å²) in [6, 6.07) is 11.1. The Morgan fingerprint density at radius 2 is 2.00 bits per heavy atom. The Morgan fingerprint density at radius 3 is 2.85 bits per heavy atom. The van der Waals surface area contributed by atoms with Gasteiger partial charge in [-0.1, -0.05) is 12.1 Å². The minimum Gasteiger partial charge on any atom is -0.352 e. The van der Waals surface area contributed by atoms with Crippen LogP contribution in [0.2, 0.25) is 0 Å². The van der Waals surface area contributed by atoms with Crippen molar-refractivity contribution < 1.29 is 4.39 Å². The molecule has 26 heavy (non-hydrogen) atoms. The molecule has 0 unspecified atom stereocenters. The van der Waals surface area contributed by atoms with Crippen LogP contribution in [0.25, 0.3) is 0 Å². The Hall–Kier alpha value is -2.95. The number of fused-ring (bicyclic) bond motifs is 1. The van der Waals surface area contributed by atoms with Crippen LogP contribution in [-0.2, 0) is 13.0 Å². The first kappa shape index (κ1) is 16.5. The number of aryl methyl sites for hydroxylation is 2. The van der Waals surface area contributed by atoms with E-state index in [1.165, 1.54) is 11.6 Å². The number of hydrogen-bond donors (Lipinski definition) is 1. The van der Waals surface area contributed by atoms with Gasteiger partial charge in [0.1, 0.15) is 11.6 Å². The summed E-state index contributed by atoms with van der Waals surface area (Å²) in [6.45, 7) is 5.68. The van der Waals surface area contributed by atoms with Crippen molar-refractivity contribution in [3.05, 3.63) is 77.0 Å². The maximum atomic E-state index is 14.0. The molecule has 0 fully saturated rings. The normalized spacial score (nSPS) is 13.4. The number of pyridine rings is 2. The van der Waals surface area contributed by atoms with Gasteiger partial charge >= 0.3 is 0 Å². The van der Waals surface area contributed by atoms with Crippen LogP contribution in [0.15, 0.2) is 48.8 Å². The highest BCUT2D eigenvalue weighted by molar-refractivity contribution is 5.62. The number of anilines is 3. The molecule has 1 aliphatic rings. The number of halogens is 1. The van der Waals surface area contributed by atoms with Crippen molar-refractivity contribution in [2.75, 3.05) is 16.8 Å². The van der Waals surface area contributed by atoms with Crippen LogP contribution in [-0.4, -0.2) is 16.5 Å². The molecule has 0 saturated carbocycles. The highest BCUT2D eigenvalue weighted by Crippen LogP contribution is 2.27. The predicted molar refractivity (Wildman–Crippen MR) is 102 cm³/mol. The molecule has 2 aromatic heterocycles. The van der Waals surface area contributed by atoms with E-state index in [0.29, 0.717) is 5.69 Å². The number of rotatable bonds is 3. The van der Waals surface area contributed by atoms with Crippen LogP contribution in [0.1, 0.15) is 22.4 Å². The van der Waals surface area contributed by atoms with Crippen LogP contribution < -0.4 is 10.2 Å². The van der Waals surface area contributed by atoms with Gasteiger partial charge in [0.05, 0.1) is 17.6 Å². The molecular formula is C21H21FN4. The lowest BCUT2D eigenvalue weighted by Gasteiger charge is -2.30.